The lowest BCUT2D eigenvalue weighted by molar-refractivity contribution is -0.156. The Labute approximate surface area is 116 Å². The molecule has 0 saturated heterocycles. The lowest BCUT2D eigenvalue weighted by atomic mass is 10.2. The van der Waals surface area contributed by atoms with Crippen molar-refractivity contribution in [3.8, 4) is 0 Å². The average Bonchev–Trinajstić information content (AvgIpc) is 2.40. The number of ether oxygens (including phenoxy) is 2. The molecule has 4 nitrogen and oxygen atoms in total. The predicted octanol–water partition coefficient (Wildman–Crippen LogP) is 4.13. The third-order valence-electron chi connectivity index (χ3n) is 2.83. The molecule has 0 saturated carbocycles. The van der Waals surface area contributed by atoms with Crippen LogP contribution in [-0.2, 0) is 19.1 Å². The number of rotatable bonds is 12. The van der Waals surface area contributed by atoms with E-state index in [1.807, 2.05) is 0 Å². The van der Waals surface area contributed by atoms with Gasteiger partial charge in [-0.05, 0) is 12.8 Å². The maximum atomic E-state index is 11.2. The number of hydrogen-bond acceptors (Lipinski definition) is 4. The Bertz CT molecular complexity index is 214. The summed E-state index contributed by atoms with van der Waals surface area (Å²) in [4.78, 5) is 22.5. The molecule has 111 valence electrons. The first-order valence-corrected chi connectivity index (χ1v) is 7.41. The second kappa shape index (κ2) is 13.4. The van der Waals surface area contributed by atoms with Crippen molar-refractivity contribution in [3.05, 3.63) is 6.79 Å². The first-order valence-electron chi connectivity index (χ1n) is 7.41. The highest BCUT2D eigenvalue weighted by atomic mass is 16.7. The van der Waals surface area contributed by atoms with Gasteiger partial charge in [-0.15, -0.1) is 0 Å². The summed E-state index contributed by atoms with van der Waals surface area (Å²) in [6, 6.07) is 0. The highest BCUT2D eigenvalue weighted by molar-refractivity contribution is 5.71. The summed E-state index contributed by atoms with van der Waals surface area (Å²) >= 11 is 0. The second-order valence-electron chi connectivity index (χ2n) is 4.70. The Morgan fingerprint density at radius 2 is 1.16 bits per heavy atom. The van der Waals surface area contributed by atoms with Crippen molar-refractivity contribution in [1.29, 1.82) is 0 Å². The highest BCUT2D eigenvalue weighted by Crippen LogP contribution is 2.06. The zero-order valence-corrected chi connectivity index (χ0v) is 12.3. The maximum Gasteiger partial charge on any atom is 0.320 e. The third-order valence-corrected chi connectivity index (χ3v) is 2.83. The minimum Gasteiger partial charge on any atom is -0.417 e. The first-order chi connectivity index (χ1) is 9.20. The molecule has 0 aliphatic rings. The monoisotopic (exact) mass is 271 g/mol. The van der Waals surface area contributed by atoms with E-state index in [9.17, 15) is 9.59 Å². The third kappa shape index (κ3) is 13.2. The minimum absolute atomic E-state index is 0.338. The zero-order valence-electron chi connectivity index (χ0n) is 12.3. The molecule has 4 heteroatoms. The standard InChI is InChI=1S/C15H27O4/c1-3-5-7-9-11-14(16)18-13-19-15(17)12-10-8-6-4-2/h13H,3-12H2,1-2H3. The molecule has 0 N–H and O–H groups in total. The molecule has 0 heterocycles. The Morgan fingerprint density at radius 3 is 1.53 bits per heavy atom. The van der Waals surface area contributed by atoms with E-state index in [0.717, 1.165) is 58.2 Å². The number of carbonyl (C=O) groups excluding carboxylic acids is 2. The van der Waals surface area contributed by atoms with Crippen LogP contribution in [0, 0.1) is 6.79 Å². The van der Waals surface area contributed by atoms with E-state index in [1.165, 1.54) is 0 Å². The number of carbonyl (C=O) groups is 2. The normalized spacial score (nSPS) is 10.2. The van der Waals surface area contributed by atoms with Gasteiger partial charge in [0.05, 0.1) is 0 Å². The SMILES string of the molecule is CCCCCCC(=O)O[CH]OC(=O)CCCCCC. The molecule has 0 aromatic rings. The maximum absolute atomic E-state index is 11.2. The number of esters is 2. The summed E-state index contributed by atoms with van der Waals surface area (Å²) in [5, 5.41) is 0. The summed E-state index contributed by atoms with van der Waals surface area (Å²) in [7, 11) is 0. The van der Waals surface area contributed by atoms with Gasteiger partial charge in [0, 0.05) is 12.8 Å². The summed E-state index contributed by atoms with van der Waals surface area (Å²) in [6.07, 6.45) is 9.00. The highest BCUT2D eigenvalue weighted by Gasteiger charge is 2.07. The van der Waals surface area contributed by atoms with Crippen LogP contribution in [0.1, 0.15) is 78.1 Å². The molecule has 0 aliphatic carbocycles. The zero-order chi connectivity index (χ0) is 14.3. The molecular weight excluding hydrogens is 244 g/mol. The molecule has 0 bridgehead atoms. The molecule has 0 unspecified atom stereocenters. The fourth-order valence-corrected chi connectivity index (χ4v) is 1.64. The van der Waals surface area contributed by atoms with E-state index < -0.39 is 0 Å². The summed E-state index contributed by atoms with van der Waals surface area (Å²) < 4.78 is 9.43. The van der Waals surface area contributed by atoms with E-state index in [4.69, 9.17) is 9.47 Å². The van der Waals surface area contributed by atoms with Crippen LogP contribution in [0.3, 0.4) is 0 Å². The van der Waals surface area contributed by atoms with Gasteiger partial charge >= 0.3 is 18.7 Å². The van der Waals surface area contributed by atoms with Crippen LogP contribution >= 0.6 is 0 Å². The second-order valence-corrected chi connectivity index (χ2v) is 4.70. The fraction of sp³-hybridized carbons (Fsp3) is 0.800. The van der Waals surface area contributed by atoms with E-state index in [1.54, 1.807) is 0 Å². The topological polar surface area (TPSA) is 52.6 Å². The molecule has 0 aliphatic heterocycles. The number of hydrogen-bond donors (Lipinski definition) is 0. The van der Waals surface area contributed by atoms with Crippen LogP contribution in [0.25, 0.3) is 0 Å². The van der Waals surface area contributed by atoms with Gasteiger partial charge in [0.25, 0.3) is 0 Å². The van der Waals surface area contributed by atoms with Gasteiger partial charge in [-0.25, -0.2) is 0 Å². The lowest BCUT2D eigenvalue weighted by Gasteiger charge is -2.04. The first kappa shape index (κ1) is 17.9. The Hall–Kier alpha value is -1.06. The van der Waals surface area contributed by atoms with Crippen molar-refractivity contribution in [2.45, 2.75) is 78.1 Å². The van der Waals surface area contributed by atoms with E-state index >= 15 is 0 Å². The quantitative estimate of drug-likeness (QED) is 0.395. The Kier molecular flexibility index (Phi) is 12.6. The lowest BCUT2D eigenvalue weighted by Crippen LogP contribution is -2.08. The van der Waals surface area contributed by atoms with Crippen LogP contribution in [-0.4, -0.2) is 11.9 Å². The summed E-state index contributed by atoms with van der Waals surface area (Å²) in [5.41, 5.74) is 0. The van der Waals surface area contributed by atoms with Crippen molar-refractivity contribution < 1.29 is 19.1 Å². The van der Waals surface area contributed by atoms with E-state index in [-0.39, 0.29) is 11.9 Å². The molecule has 0 atom stereocenters. The van der Waals surface area contributed by atoms with Gasteiger partial charge in [0.1, 0.15) is 0 Å². The van der Waals surface area contributed by atoms with Crippen molar-refractivity contribution in [1.82, 2.24) is 0 Å². The van der Waals surface area contributed by atoms with Gasteiger partial charge in [-0.3, -0.25) is 9.59 Å². The molecular formula is C15H27O4. The molecule has 0 rings (SSSR count). The van der Waals surface area contributed by atoms with Crippen LogP contribution in [0.4, 0.5) is 0 Å². The predicted molar refractivity (Wildman–Crippen MR) is 74.0 cm³/mol. The van der Waals surface area contributed by atoms with Crippen LogP contribution in [0.2, 0.25) is 0 Å². The van der Waals surface area contributed by atoms with Gasteiger partial charge < -0.3 is 9.47 Å². The Balaban J connectivity index is 3.35. The number of unbranched alkanes of at least 4 members (excludes halogenated alkanes) is 6. The van der Waals surface area contributed by atoms with Gasteiger partial charge in [0.15, 0.2) is 0 Å². The molecule has 19 heavy (non-hydrogen) atoms. The van der Waals surface area contributed by atoms with Crippen molar-refractivity contribution in [2.24, 2.45) is 0 Å². The minimum atomic E-state index is -0.338. The largest absolute Gasteiger partial charge is 0.417 e. The van der Waals surface area contributed by atoms with Gasteiger partial charge in [-0.1, -0.05) is 52.4 Å². The average molecular weight is 271 g/mol. The molecule has 0 aromatic heterocycles. The molecule has 0 aromatic carbocycles. The van der Waals surface area contributed by atoms with Crippen molar-refractivity contribution in [2.75, 3.05) is 0 Å². The Morgan fingerprint density at radius 1 is 0.737 bits per heavy atom. The van der Waals surface area contributed by atoms with Crippen LogP contribution in [0.15, 0.2) is 0 Å². The van der Waals surface area contributed by atoms with E-state index in [2.05, 4.69) is 13.8 Å². The van der Waals surface area contributed by atoms with Crippen molar-refractivity contribution in [3.63, 3.8) is 0 Å². The fourth-order valence-electron chi connectivity index (χ4n) is 1.64. The van der Waals surface area contributed by atoms with Crippen LogP contribution in [0.5, 0.6) is 0 Å². The summed E-state index contributed by atoms with van der Waals surface area (Å²) in [6.45, 7) is 5.10. The van der Waals surface area contributed by atoms with Crippen LogP contribution < -0.4 is 0 Å². The molecule has 0 amide bonds. The van der Waals surface area contributed by atoms with Gasteiger partial charge in [-0.2, -0.15) is 0 Å². The van der Waals surface area contributed by atoms with Gasteiger partial charge in [0.2, 0.25) is 0 Å². The summed E-state index contributed by atoms with van der Waals surface area (Å²) in [5.74, 6) is -0.676. The molecule has 0 fully saturated rings. The smallest absolute Gasteiger partial charge is 0.320 e. The van der Waals surface area contributed by atoms with E-state index in [0.29, 0.717) is 12.8 Å². The molecule has 0 spiro atoms. The molecule has 1 radical (unpaired) electrons. The van der Waals surface area contributed by atoms with Crippen molar-refractivity contribution >= 4 is 11.9 Å².